The molecule has 3 aromatic rings. The van der Waals surface area contributed by atoms with Crippen molar-refractivity contribution in [2.45, 2.75) is 25.8 Å². The maximum absolute atomic E-state index is 13.2. The minimum Gasteiger partial charge on any atom is -0.467 e. The summed E-state index contributed by atoms with van der Waals surface area (Å²) in [5, 5.41) is 6.79. The summed E-state index contributed by atoms with van der Waals surface area (Å²) in [4.78, 5) is 26.4. The summed E-state index contributed by atoms with van der Waals surface area (Å²) in [6.45, 7) is 0.454. The Hall–Kier alpha value is -3.56. The van der Waals surface area contributed by atoms with E-state index in [9.17, 15) is 22.8 Å². The van der Waals surface area contributed by atoms with E-state index in [1.165, 1.54) is 40.1 Å². The third-order valence-corrected chi connectivity index (χ3v) is 4.79. The molecule has 1 N–H and O–H groups in total. The number of carbonyl (C=O) groups excluding carboxylic acids is 2. The molecule has 0 saturated heterocycles. The molecule has 2 amide bonds. The summed E-state index contributed by atoms with van der Waals surface area (Å²) < 4.78 is 46.3. The molecule has 0 saturated carbocycles. The molecule has 30 heavy (non-hydrogen) atoms. The van der Waals surface area contributed by atoms with Gasteiger partial charge in [0.15, 0.2) is 5.69 Å². The van der Waals surface area contributed by atoms with Gasteiger partial charge in [-0.15, -0.1) is 0 Å². The van der Waals surface area contributed by atoms with Gasteiger partial charge in [-0.2, -0.15) is 18.3 Å². The topological polar surface area (TPSA) is 80.4 Å². The summed E-state index contributed by atoms with van der Waals surface area (Å²) in [5.74, 6) is -0.385. The summed E-state index contributed by atoms with van der Waals surface area (Å²) in [6, 6.07) is 9.92. The Morgan fingerprint density at radius 1 is 1.17 bits per heavy atom. The number of fused-ring (bicyclic) bond motifs is 1. The smallest absolute Gasteiger partial charge is 0.416 e. The summed E-state index contributed by atoms with van der Waals surface area (Å²) in [6.07, 6.45) is -3.02. The number of hydrogen-bond donors (Lipinski definition) is 1. The third-order valence-electron chi connectivity index (χ3n) is 4.79. The standard InChI is InChI=1S/C20H17F3N4O3/c21-20(22,23)15-6-2-1-4-13(15)12-26-7-8-27-17(19(26)29)10-16(25-27)18(28)24-11-14-5-3-9-30-14/h1-6,9-10H,7-8,11-12H2,(H,24,28). The Labute approximate surface area is 169 Å². The fraction of sp³-hybridized carbons (Fsp3) is 0.250. The minimum atomic E-state index is -4.50. The number of aromatic nitrogens is 2. The van der Waals surface area contributed by atoms with Crippen LogP contribution in [-0.4, -0.2) is 33.0 Å². The monoisotopic (exact) mass is 418 g/mol. The molecular weight excluding hydrogens is 401 g/mol. The number of nitrogens with zero attached hydrogens (tertiary/aromatic N) is 3. The Morgan fingerprint density at radius 2 is 1.97 bits per heavy atom. The van der Waals surface area contributed by atoms with Crippen molar-refractivity contribution in [3.8, 4) is 0 Å². The second-order valence-electron chi connectivity index (χ2n) is 6.78. The van der Waals surface area contributed by atoms with E-state index in [1.54, 1.807) is 12.1 Å². The van der Waals surface area contributed by atoms with E-state index in [1.807, 2.05) is 0 Å². The molecule has 1 aliphatic heterocycles. The van der Waals surface area contributed by atoms with Crippen molar-refractivity contribution in [1.82, 2.24) is 20.0 Å². The number of hydrogen-bond acceptors (Lipinski definition) is 4. The van der Waals surface area contributed by atoms with Gasteiger partial charge >= 0.3 is 6.18 Å². The van der Waals surface area contributed by atoms with Gasteiger partial charge in [0.2, 0.25) is 0 Å². The summed E-state index contributed by atoms with van der Waals surface area (Å²) >= 11 is 0. The van der Waals surface area contributed by atoms with Crippen LogP contribution in [0.2, 0.25) is 0 Å². The SMILES string of the molecule is O=C(NCc1ccco1)c1cc2n(n1)CCN(Cc1ccccc1C(F)(F)F)C2=O. The van der Waals surface area contributed by atoms with Gasteiger partial charge in [0.1, 0.15) is 11.5 Å². The van der Waals surface area contributed by atoms with E-state index in [-0.39, 0.29) is 43.1 Å². The highest BCUT2D eigenvalue weighted by molar-refractivity contribution is 5.98. The highest BCUT2D eigenvalue weighted by Crippen LogP contribution is 2.32. The van der Waals surface area contributed by atoms with Gasteiger partial charge in [-0.1, -0.05) is 18.2 Å². The van der Waals surface area contributed by atoms with Crippen molar-refractivity contribution >= 4 is 11.8 Å². The van der Waals surface area contributed by atoms with Crippen LogP contribution in [0.4, 0.5) is 13.2 Å². The third kappa shape index (κ3) is 3.93. The highest BCUT2D eigenvalue weighted by atomic mass is 19.4. The highest BCUT2D eigenvalue weighted by Gasteiger charge is 2.35. The Bertz CT molecular complexity index is 1070. The van der Waals surface area contributed by atoms with Crippen LogP contribution in [0.3, 0.4) is 0 Å². The van der Waals surface area contributed by atoms with Crippen LogP contribution >= 0.6 is 0 Å². The lowest BCUT2D eigenvalue weighted by Gasteiger charge is -2.28. The predicted octanol–water partition coefficient (Wildman–Crippen LogP) is 3.08. The van der Waals surface area contributed by atoms with Crippen LogP contribution in [0.5, 0.6) is 0 Å². The van der Waals surface area contributed by atoms with Crippen LogP contribution in [0.15, 0.2) is 53.1 Å². The van der Waals surface area contributed by atoms with E-state index in [2.05, 4.69) is 10.4 Å². The molecule has 0 spiro atoms. The van der Waals surface area contributed by atoms with E-state index in [0.717, 1.165) is 6.07 Å². The number of nitrogens with one attached hydrogen (secondary N) is 1. The fourth-order valence-electron chi connectivity index (χ4n) is 3.31. The van der Waals surface area contributed by atoms with Crippen molar-refractivity contribution in [2.24, 2.45) is 0 Å². The second-order valence-corrected chi connectivity index (χ2v) is 6.78. The molecule has 10 heteroatoms. The number of halogens is 3. The number of rotatable bonds is 5. The van der Waals surface area contributed by atoms with Crippen LogP contribution in [0.25, 0.3) is 0 Å². The largest absolute Gasteiger partial charge is 0.467 e. The molecule has 0 radical (unpaired) electrons. The van der Waals surface area contributed by atoms with Gasteiger partial charge in [0, 0.05) is 19.2 Å². The van der Waals surface area contributed by atoms with Crippen LogP contribution in [-0.2, 0) is 25.8 Å². The van der Waals surface area contributed by atoms with Crippen LogP contribution in [0, 0.1) is 0 Å². The first-order valence-electron chi connectivity index (χ1n) is 9.16. The van der Waals surface area contributed by atoms with Crippen molar-refractivity contribution < 1.29 is 27.2 Å². The normalized spacial score (nSPS) is 14.0. The molecule has 0 fully saturated rings. The first kappa shape index (κ1) is 19.7. The molecule has 0 unspecified atom stereocenters. The summed E-state index contributed by atoms with van der Waals surface area (Å²) in [5.41, 5.74) is -0.533. The Balaban J connectivity index is 1.49. The molecule has 4 rings (SSSR count). The Kier molecular flexibility index (Phi) is 5.06. The molecule has 1 aliphatic rings. The van der Waals surface area contributed by atoms with Crippen molar-refractivity contribution in [3.63, 3.8) is 0 Å². The zero-order valence-corrected chi connectivity index (χ0v) is 15.6. The molecular formula is C20H17F3N4O3. The van der Waals surface area contributed by atoms with Gasteiger partial charge in [-0.25, -0.2) is 0 Å². The molecule has 0 atom stereocenters. The average molecular weight is 418 g/mol. The van der Waals surface area contributed by atoms with Gasteiger partial charge in [-0.05, 0) is 23.8 Å². The molecule has 2 aromatic heterocycles. The lowest BCUT2D eigenvalue weighted by atomic mass is 10.1. The van der Waals surface area contributed by atoms with E-state index < -0.39 is 23.6 Å². The van der Waals surface area contributed by atoms with E-state index in [0.29, 0.717) is 5.76 Å². The fourth-order valence-corrected chi connectivity index (χ4v) is 3.31. The van der Waals surface area contributed by atoms with Gasteiger partial charge in [-0.3, -0.25) is 14.3 Å². The number of furan rings is 1. The molecule has 0 aliphatic carbocycles. The molecule has 7 nitrogen and oxygen atoms in total. The van der Waals surface area contributed by atoms with Crippen molar-refractivity contribution in [3.05, 3.63) is 77.0 Å². The summed E-state index contributed by atoms with van der Waals surface area (Å²) in [7, 11) is 0. The van der Waals surface area contributed by atoms with Crippen LogP contribution in [0.1, 0.15) is 37.9 Å². The van der Waals surface area contributed by atoms with Crippen molar-refractivity contribution in [2.75, 3.05) is 6.54 Å². The molecule has 3 heterocycles. The molecule has 0 bridgehead atoms. The number of carbonyl (C=O) groups is 2. The van der Waals surface area contributed by atoms with Gasteiger partial charge in [0.25, 0.3) is 11.8 Å². The van der Waals surface area contributed by atoms with E-state index >= 15 is 0 Å². The number of benzene rings is 1. The molecule has 156 valence electrons. The van der Waals surface area contributed by atoms with Gasteiger partial charge in [0.05, 0.1) is 24.9 Å². The lowest BCUT2D eigenvalue weighted by Crippen LogP contribution is -2.40. The average Bonchev–Trinajstić information content (AvgIpc) is 3.38. The first-order valence-corrected chi connectivity index (χ1v) is 9.16. The Morgan fingerprint density at radius 3 is 2.70 bits per heavy atom. The second kappa shape index (κ2) is 7.69. The maximum Gasteiger partial charge on any atom is 0.416 e. The van der Waals surface area contributed by atoms with Crippen molar-refractivity contribution in [1.29, 1.82) is 0 Å². The van der Waals surface area contributed by atoms with E-state index in [4.69, 9.17) is 4.42 Å². The molecule has 1 aromatic carbocycles. The zero-order valence-electron chi connectivity index (χ0n) is 15.6. The lowest BCUT2D eigenvalue weighted by molar-refractivity contribution is -0.138. The van der Waals surface area contributed by atoms with Crippen LogP contribution < -0.4 is 5.32 Å². The van der Waals surface area contributed by atoms with Gasteiger partial charge < -0.3 is 14.6 Å². The number of alkyl halides is 3. The first-order chi connectivity index (χ1) is 14.3. The maximum atomic E-state index is 13.2. The predicted molar refractivity (Wildman–Crippen MR) is 98.3 cm³/mol. The zero-order chi connectivity index (χ0) is 21.3. The quantitative estimate of drug-likeness (QED) is 0.691. The minimum absolute atomic E-state index is 0.0164. The number of amides is 2.